The number of hydrogen-bond acceptors (Lipinski definition) is 7. The lowest BCUT2D eigenvalue weighted by molar-refractivity contribution is -0.386. The van der Waals surface area contributed by atoms with E-state index < -0.39 is 16.2 Å². The highest BCUT2D eigenvalue weighted by molar-refractivity contribution is 5.73. The Balaban J connectivity index is 1.80. The molecule has 1 aliphatic heterocycles. The van der Waals surface area contributed by atoms with Crippen LogP contribution in [-0.2, 0) is 0 Å². The van der Waals surface area contributed by atoms with Crippen molar-refractivity contribution < 1.29 is 14.4 Å². The van der Waals surface area contributed by atoms with Gasteiger partial charge in [-0.25, -0.2) is 9.97 Å². The Bertz CT molecular complexity index is 1050. The van der Waals surface area contributed by atoms with Crippen LogP contribution in [0.2, 0.25) is 0 Å². The summed E-state index contributed by atoms with van der Waals surface area (Å²) in [5, 5.41) is 13.7. The number of nitro groups is 1. The number of aromatic nitrogens is 4. The zero-order valence-corrected chi connectivity index (χ0v) is 12.0. The second-order valence-electron chi connectivity index (χ2n) is 4.88. The van der Waals surface area contributed by atoms with Gasteiger partial charge in [0, 0.05) is 0 Å². The molecule has 10 heteroatoms. The van der Waals surface area contributed by atoms with Gasteiger partial charge in [0.15, 0.2) is 17.2 Å². The number of ether oxygens (including phenoxy) is 2. The molecule has 0 saturated heterocycles. The number of nitrogens with one attached hydrogen (secondary N) is 1. The maximum Gasteiger partial charge on any atom is 0.361 e. The third-order valence-corrected chi connectivity index (χ3v) is 3.45. The van der Waals surface area contributed by atoms with Gasteiger partial charge in [-0.05, 0) is 23.8 Å². The molecule has 3 aromatic rings. The van der Waals surface area contributed by atoms with E-state index in [0.29, 0.717) is 11.5 Å². The highest BCUT2D eigenvalue weighted by atomic mass is 16.7. The molecule has 0 saturated carbocycles. The van der Waals surface area contributed by atoms with E-state index >= 15 is 0 Å². The fourth-order valence-corrected chi connectivity index (χ4v) is 2.34. The number of benzene rings is 1. The summed E-state index contributed by atoms with van der Waals surface area (Å²) in [5.41, 5.74) is -0.811. The zero-order valence-electron chi connectivity index (χ0n) is 12.0. The fraction of sp³-hybridized carbons (Fsp3) is 0.0714. The van der Waals surface area contributed by atoms with Crippen molar-refractivity contribution in [2.24, 2.45) is 0 Å². The van der Waals surface area contributed by atoms with Crippen molar-refractivity contribution in [2.75, 3.05) is 6.79 Å². The number of hydrogen-bond donors (Lipinski definition) is 1. The van der Waals surface area contributed by atoms with Crippen molar-refractivity contribution in [3.8, 4) is 11.5 Å². The lowest BCUT2D eigenvalue weighted by atomic mass is 10.1. The van der Waals surface area contributed by atoms with Gasteiger partial charge < -0.3 is 9.47 Å². The molecule has 0 radical (unpaired) electrons. The van der Waals surface area contributed by atoms with Gasteiger partial charge in [0.1, 0.15) is 6.33 Å². The predicted octanol–water partition coefficient (Wildman–Crippen LogP) is 1.22. The van der Waals surface area contributed by atoms with E-state index in [1.165, 1.54) is 12.4 Å². The molecule has 0 fully saturated rings. The van der Waals surface area contributed by atoms with Crippen molar-refractivity contribution in [1.82, 2.24) is 19.6 Å². The molecule has 10 nitrogen and oxygen atoms in total. The van der Waals surface area contributed by atoms with Crippen LogP contribution < -0.4 is 15.0 Å². The molecule has 4 rings (SSSR count). The van der Waals surface area contributed by atoms with E-state index in [-0.39, 0.29) is 18.3 Å². The molecule has 1 aliphatic rings. The first-order valence-electron chi connectivity index (χ1n) is 6.82. The molecule has 0 aliphatic carbocycles. The van der Waals surface area contributed by atoms with Crippen LogP contribution >= 0.6 is 0 Å². The molecule has 24 heavy (non-hydrogen) atoms. The van der Waals surface area contributed by atoms with Crippen molar-refractivity contribution in [3.63, 3.8) is 0 Å². The zero-order chi connectivity index (χ0) is 16.7. The molecule has 0 unspecified atom stereocenters. The van der Waals surface area contributed by atoms with Crippen LogP contribution in [0.3, 0.4) is 0 Å². The van der Waals surface area contributed by atoms with Crippen LogP contribution in [0.15, 0.2) is 29.3 Å². The average molecular weight is 327 g/mol. The minimum absolute atomic E-state index is 0.0518. The number of nitrogens with zero attached hydrogens (tertiary/aromatic N) is 4. The number of fused-ring (bicyclic) bond motifs is 2. The van der Waals surface area contributed by atoms with Gasteiger partial charge in [0.05, 0.1) is 4.92 Å². The molecule has 3 heterocycles. The largest absolute Gasteiger partial charge is 0.454 e. The summed E-state index contributed by atoms with van der Waals surface area (Å²) in [6.45, 7) is 0.155. The first-order valence-corrected chi connectivity index (χ1v) is 6.82. The van der Waals surface area contributed by atoms with E-state index in [4.69, 9.17) is 9.47 Å². The standard InChI is InChI=1S/C14H9N5O5/c20-13-12(19(21)22)9(17-14-15-6-16-18(13)14)3-1-8-2-4-10-11(5-8)24-7-23-10/h1-6H,7H2,(H,15,16,17). The van der Waals surface area contributed by atoms with E-state index in [0.717, 1.165) is 10.1 Å². The maximum absolute atomic E-state index is 12.2. The maximum atomic E-state index is 12.2. The highest BCUT2D eigenvalue weighted by Gasteiger charge is 2.22. The van der Waals surface area contributed by atoms with Crippen molar-refractivity contribution >= 4 is 23.6 Å². The molecule has 1 N–H and O–H groups in total. The highest BCUT2D eigenvalue weighted by Crippen LogP contribution is 2.33. The van der Waals surface area contributed by atoms with E-state index in [1.807, 2.05) is 0 Å². The summed E-state index contributed by atoms with van der Waals surface area (Å²) in [7, 11) is 0. The third-order valence-electron chi connectivity index (χ3n) is 3.45. The smallest absolute Gasteiger partial charge is 0.361 e. The average Bonchev–Trinajstić information content (AvgIpc) is 3.20. The van der Waals surface area contributed by atoms with Crippen LogP contribution in [0.4, 0.5) is 5.69 Å². The van der Waals surface area contributed by atoms with Crippen LogP contribution in [0.1, 0.15) is 11.3 Å². The molecule has 2 aromatic heterocycles. The third kappa shape index (κ3) is 2.17. The normalized spacial score (nSPS) is 13.0. The van der Waals surface area contributed by atoms with Gasteiger partial charge in [-0.3, -0.25) is 20.0 Å². The summed E-state index contributed by atoms with van der Waals surface area (Å²) >= 11 is 0. The summed E-state index contributed by atoms with van der Waals surface area (Å²) in [6, 6.07) is 5.22. The second-order valence-corrected chi connectivity index (χ2v) is 4.88. The van der Waals surface area contributed by atoms with Gasteiger partial charge in [0.2, 0.25) is 6.79 Å². The van der Waals surface area contributed by atoms with Crippen LogP contribution in [0, 0.1) is 10.1 Å². The number of H-pyrrole nitrogens is 1. The van der Waals surface area contributed by atoms with Crippen LogP contribution in [-0.4, -0.2) is 31.3 Å². The first-order chi connectivity index (χ1) is 11.6. The summed E-state index contributed by atoms with van der Waals surface area (Å²) in [4.78, 5) is 30.5. The van der Waals surface area contributed by atoms with Crippen molar-refractivity contribution in [1.29, 1.82) is 0 Å². The lowest BCUT2D eigenvalue weighted by Crippen LogP contribution is -2.20. The summed E-state index contributed by atoms with van der Waals surface area (Å²) in [6.07, 6.45) is 4.23. The molecule has 0 atom stereocenters. The van der Waals surface area contributed by atoms with E-state index in [9.17, 15) is 14.9 Å². The van der Waals surface area contributed by atoms with Gasteiger partial charge in [-0.2, -0.15) is 4.52 Å². The topological polar surface area (TPSA) is 125 Å². The summed E-state index contributed by atoms with van der Waals surface area (Å²) < 4.78 is 11.4. The SMILES string of the molecule is O=c1c([N+](=O)[O-])c(C=Cc2ccc3c(c2)OCO3)nc2nc[nH]n12. The minimum atomic E-state index is -0.826. The minimum Gasteiger partial charge on any atom is -0.454 e. The Morgan fingerprint density at radius 1 is 1.29 bits per heavy atom. The Morgan fingerprint density at radius 2 is 2.12 bits per heavy atom. The molecule has 0 spiro atoms. The molecule has 0 amide bonds. The molecular formula is C14H9N5O5. The van der Waals surface area contributed by atoms with Crippen molar-refractivity contribution in [2.45, 2.75) is 0 Å². The van der Waals surface area contributed by atoms with Crippen LogP contribution in [0.5, 0.6) is 11.5 Å². The van der Waals surface area contributed by atoms with Gasteiger partial charge >= 0.3 is 11.2 Å². The Morgan fingerprint density at radius 3 is 2.96 bits per heavy atom. The fourth-order valence-electron chi connectivity index (χ4n) is 2.34. The van der Waals surface area contributed by atoms with Crippen molar-refractivity contribution in [3.05, 3.63) is 56.3 Å². The van der Waals surface area contributed by atoms with E-state index in [1.54, 1.807) is 24.3 Å². The van der Waals surface area contributed by atoms with Crippen LogP contribution in [0.25, 0.3) is 17.9 Å². The molecule has 0 bridgehead atoms. The van der Waals surface area contributed by atoms with Gasteiger partial charge in [-0.1, -0.05) is 12.1 Å². The molecule has 120 valence electrons. The number of aromatic amines is 1. The predicted molar refractivity (Wildman–Crippen MR) is 81.8 cm³/mol. The molecular weight excluding hydrogens is 318 g/mol. The monoisotopic (exact) mass is 327 g/mol. The molecule has 1 aromatic carbocycles. The summed E-state index contributed by atoms with van der Waals surface area (Å²) in [5.74, 6) is 1.27. The number of rotatable bonds is 3. The van der Waals surface area contributed by atoms with E-state index in [2.05, 4.69) is 15.1 Å². The van der Waals surface area contributed by atoms with Gasteiger partial charge in [0.25, 0.3) is 5.78 Å². The second kappa shape index (κ2) is 5.19. The Labute approximate surface area is 133 Å². The van der Waals surface area contributed by atoms with Gasteiger partial charge in [-0.15, -0.1) is 0 Å². The first kappa shape index (κ1) is 13.9. The lowest BCUT2D eigenvalue weighted by Gasteiger charge is -1.99. The quantitative estimate of drug-likeness (QED) is 0.566. The Hall–Kier alpha value is -3.69. The Kier molecular flexibility index (Phi) is 3.02.